The third-order valence-electron chi connectivity index (χ3n) is 2.04. The van der Waals surface area contributed by atoms with Crippen molar-refractivity contribution in [1.29, 1.82) is 0 Å². The van der Waals surface area contributed by atoms with Crippen LogP contribution in [0.2, 0.25) is 5.02 Å². The number of benzene rings is 1. The second kappa shape index (κ2) is 4.93. The summed E-state index contributed by atoms with van der Waals surface area (Å²) in [5, 5.41) is 0.244. The maximum Gasteiger partial charge on any atom is 0.255 e. The summed E-state index contributed by atoms with van der Waals surface area (Å²) in [7, 11) is 0. The van der Waals surface area contributed by atoms with Crippen molar-refractivity contribution in [2.45, 2.75) is 0 Å². The van der Waals surface area contributed by atoms with E-state index in [1.54, 1.807) is 0 Å². The molecule has 5 heteroatoms. The third-order valence-corrected chi connectivity index (χ3v) is 2.37. The van der Waals surface area contributed by atoms with E-state index >= 15 is 0 Å². The molecule has 0 radical (unpaired) electrons. The Labute approximate surface area is 102 Å². The van der Waals surface area contributed by atoms with Gasteiger partial charge in [-0.1, -0.05) is 11.6 Å². The monoisotopic (exact) mass is 251 g/mol. The highest BCUT2D eigenvalue weighted by Gasteiger charge is 2.07. The standard InChI is InChI=1S/C12H7ClFNO2/c13-10-6-9(4-3-8(10)7-16)17-12-11(14)2-1-5-15-12/h1-7H. The Bertz CT molecular complexity index is 560. The number of carbonyl (C=O) groups excluding carboxylic acids is 1. The normalized spacial score (nSPS) is 10.0. The summed E-state index contributed by atoms with van der Waals surface area (Å²) in [5.74, 6) is -0.385. The van der Waals surface area contributed by atoms with Crippen LogP contribution in [0.4, 0.5) is 4.39 Å². The minimum atomic E-state index is -0.567. The van der Waals surface area contributed by atoms with Gasteiger partial charge < -0.3 is 4.74 Å². The molecule has 3 nitrogen and oxygen atoms in total. The Morgan fingerprint density at radius 2 is 2.18 bits per heavy atom. The summed E-state index contributed by atoms with van der Waals surface area (Å²) >= 11 is 5.81. The van der Waals surface area contributed by atoms with Gasteiger partial charge in [0.15, 0.2) is 12.1 Å². The van der Waals surface area contributed by atoms with Gasteiger partial charge >= 0.3 is 0 Å². The molecule has 0 atom stereocenters. The molecule has 2 aromatic rings. The number of ether oxygens (including phenoxy) is 1. The van der Waals surface area contributed by atoms with E-state index < -0.39 is 5.82 Å². The molecule has 0 unspecified atom stereocenters. The smallest absolute Gasteiger partial charge is 0.255 e. The molecule has 1 aromatic heterocycles. The SMILES string of the molecule is O=Cc1ccc(Oc2ncccc2F)cc1Cl. The Morgan fingerprint density at radius 3 is 2.82 bits per heavy atom. The van der Waals surface area contributed by atoms with Crippen LogP contribution in [-0.2, 0) is 0 Å². The lowest BCUT2D eigenvalue weighted by atomic mass is 10.2. The van der Waals surface area contributed by atoms with Gasteiger partial charge in [0.05, 0.1) is 5.02 Å². The number of rotatable bonds is 3. The molecule has 1 aromatic carbocycles. The third kappa shape index (κ3) is 2.60. The summed E-state index contributed by atoms with van der Waals surface area (Å²) < 4.78 is 18.4. The largest absolute Gasteiger partial charge is 0.436 e. The molecule has 2 rings (SSSR count). The fourth-order valence-corrected chi connectivity index (χ4v) is 1.44. The van der Waals surface area contributed by atoms with Crippen molar-refractivity contribution in [3.05, 3.63) is 52.9 Å². The first-order valence-electron chi connectivity index (χ1n) is 4.74. The molecule has 86 valence electrons. The quantitative estimate of drug-likeness (QED) is 0.784. The molecular formula is C12H7ClFNO2. The summed E-state index contributed by atoms with van der Waals surface area (Å²) in [4.78, 5) is 14.3. The topological polar surface area (TPSA) is 39.2 Å². The van der Waals surface area contributed by atoms with E-state index in [1.165, 1.54) is 36.5 Å². The second-order valence-electron chi connectivity index (χ2n) is 3.19. The molecule has 0 aliphatic carbocycles. The van der Waals surface area contributed by atoms with Gasteiger partial charge in [-0.3, -0.25) is 4.79 Å². The highest BCUT2D eigenvalue weighted by molar-refractivity contribution is 6.33. The molecule has 0 saturated carbocycles. The highest BCUT2D eigenvalue weighted by atomic mass is 35.5. The van der Waals surface area contributed by atoms with E-state index in [9.17, 15) is 9.18 Å². The average molecular weight is 252 g/mol. The predicted molar refractivity (Wildman–Crippen MR) is 61.1 cm³/mol. The first-order chi connectivity index (χ1) is 8.20. The van der Waals surface area contributed by atoms with Gasteiger partial charge in [-0.2, -0.15) is 0 Å². The zero-order valence-electron chi connectivity index (χ0n) is 8.56. The number of aromatic nitrogens is 1. The lowest BCUT2D eigenvalue weighted by Crippen LogP contribution is -1.92. The summed E-state index contributed by atoms with van der Waals surface area (Å²) in [6.07, 6.45) is 2.05. The number of pyridine rings is 1. The fourth-order valence-electron chi connectivity index (χ4n) is 1.22. The molecule has 0 N–H and O–H groups in total. The zero-order valence-corrected chi connectivity index (χ0v) is 9.32. The number of hydrogen-bond acceptors (Lipinski definition) is 3. The van der Waals surface area contributed by atoms with Crippen molar-refractivity contribution in [3.8, 4) is 11.6 Å². The Kier molecular flexibility index (Phi) is 3.35. The lowest BCUT2D eigenvalue weighted by Gasteiger charge is -2.06. The number of aldehydes is 1. The zero-order chi connectivity index (χ0) is 12.3. The lowest BCUT2D eigenvalue weighted by molar-refractivity contribution is 0.112. The van der Waals surface area contributed by atoms with Gasteiger partial charge in [0, 0.05) is 17.8 Å². The predicted octanol–water partition coefficient (Wildman–Crippen LogP) is 3.48. The molecular weight excluding hydrogens is 245 g/mol. The molecule has 1 heterocycles. The van der Waals surface area contributed by atoms with Gasteiger partial charge in [0.1, 0.15) is 5.75 Å². The molecule has 0 amide bonds. The number of carbonyl (C=O) groups is 1. The van der Waals surface area contributed by atoms with Crippen molar-refractivity contribution < 1.29 is 13.9 Å². The Balaban J connectivity index is 2.28. The summed E-state index contributed by atoms with van der Waals surface area (Å²) in [5.41, 5.74) is 0.348. The summed E-state index contributed by atoms with van der Waals surface area (Å²) in [6, 6.07) is 7.14. The van der Waals surface area contributed by atoms with Crippen LogP contribution in [0.15, 0.2) is 36.5 Å². The number of nitrogens with zero attached hydrogens (tertiary/aromatic N) is 1. The minimum Gasteiger partial charge on any atom is -0.436 e. The van der Waals surface area contributed by atoms with Crippen LogP contribution in [0.25, 0.3) is 0 Å². The Morgan fingerprint density at radius 1 is 1.35 bits per heavy atom. The molecule has 0 spiro atoms. The van der Waals surface area contributed by atoms with Crippen LogP contribution < -0.4 is 4.74 Å². The highest BCUT2D eigenvalue weighted by Crippen LogP contribution is 2.26. The van der Waals surface area contributed by atoms with E-state index in [0.29, 0.717) is 17.6 Å². The van der Waals surface area contributed by atoms with E-state index in [2.05, 4.69) is 4.98 Å². The molecule has 17 heavy (non-hydrogen) atoms. The van der Waals surface area contributed by atoms with Gasteiger partial charge in [0.25, 0.3) is 5.88 Å². The van der Waals surface area contributed by atoms with Crippen LogP contribution in [-0.4, -0.2) is 11.3 Å². The van der Waals surface area contributed by atoms with Gasteiger partial charge in [-0.15, -0.1) is 0 Å². The van der Waals surface area contributed by atoms with E-state index in [1.807, 2.05) is 0 Å². The maximum absolute atomic E-state index is 13.2. The Hall–Kier alpha value is -1.94. The molecule has 0 fully saturated rings. The fraction of sp³-hybridized carbons (Fsp3) is 0. The number of halogens is 2. The van der Waals surface area contributed by atoms with Crippen LogP contribution >= 0.6 is 11.6 Å². The minimum absolute atomic E-state index is 0.137. The van der Waals surface area contributed by atoms with Crippen molar-refractivity contribution in [2.24, 2.45) is 0 Å². The second-order valence-corrected chi connectivity index (χ2v) is 3.60. The van der Waals surface area contributed by atoms with Crippen LogP contribution in [0.5, 0.6) is 11.6 Å². The number of hydrogen-bond donors (Lipinski definition) is 0. The van der Waals surface area contributed by atoms with Gasteiger partial charge in [-0.05, 0) is 24.3 Å². The van der Waals surface area contributed by atoms with Gasteiger partial charge in [0.2, 0.25) is 0 Å². The van der Waals surface area contributed by atoms with Crippen molar-refractivity contribution in [3.63, 3.8) is 0 Å². The molecule has 0 aliphatic rings. The molecule has 0 aliphatic heterocycles. The molecule has 0 saturated heterocycles. The van der Waals surface area contributed by atoms with E-state index in [4.69, 9.17) is 16.3 Å². The van der Waals surface area contributed by atoms with E-state index in [0.717, 1.165) is 0 Å². The average Bonchev–Trinajstić information content (AvgIpc) is 2.32. The first-order valence-corrected chi connectivity index (χ1v) is 5.11. The van der Waals surface area contributed by atoms with Crippen LogP contribution in [0.3, 0.4) is 0 Å². The molecule has 0 bridgehead atoms. The summed E-state index contributed by atoms with van der Waals surface area (Å²) in [6.45, 7) is 0. The first kappa shape index (κ1) is 11.5. The van der Waals surface area contributed by atoms with Crippen LogP contribution in [0.1, 0.15) is 10.4 Å². The van der Waals surface area contributed by atoms with E-state index in [-0.39, 0.29) is 10.9 Å². The van der Waals surface area contributed by atoms with Crippen molar-refractivity contribution in [2.75, 3.05) is 0 Å². The van der Waals surface area contributed by atoms with Crippen molar-refractivity contribution in [1.82, 2.24) is 4.98 Å². The maximum atomic E-state index is 13.2. The van der Waals surface area contributed by atoms with Crippen LogP contribution in [0, 0.1) is 5.82 Å². The van der Waals surface area contributed by atoms with Crippen molar-refractivity contribution >= 4 is 17.9 Å². The van der Waals surface area contributed by atoms with Gasteiger partial charge in [-0.25, -0.2) is 9.37 Å².